The minimum Gasteiger partial charge on any atom is -0.349 e. The third-order valence-corrected chi connectivity index (χ3v) is 1.57. The number of hydrogen-bond donors (Lipinski definition) is 1. The number of nitrogens with one attached hydrogen (secondary N) is 1. The van der Waals surface area contributed by atoms with Crippen molar-refractivity contribution in [1.29, 1.82) is 0 Å². The summed E-state index contributed by atoms with van der Waals surface area (Å²) in [6.45, 7) is 1.96. The van der Waals surface area contributed by atoms with E-state index in [1.54, 1.807) is 0 Å². The van der Waals surface area contributed by atoms with Crippen LogP contribution in [-0.4, -0.2) is 18.2 Å². The molecule has 1 aliphatic rings. The van der Waals surface area contributed by atoms with Crippen LogP contribution in [0.25, 0.3) is 0 Å². The molecule has 0 aliphatic heterocycles. The molecule has 1 rings (SSSR count). The van der Waals surface area contributed by atoms with Crippen LogP contribution in [0.15, 0.2) is 0 Å². The number of Topliss-reactive ketones (excluding diaryl/α,β-unsaturated/α-hetero) is 1. The van der Waals surface area contributed by atoms with Crippen LogP contribution in [-0.2, 0) is 9.59 Å². The van der Waals surface area contributed by atoms with Crippen molar-refractivity contribution in [3.63, 3.8) is 0 Å². The molecule has 0 atom stereocenters. The second-order valence-electron chi connectivity index (χ2n) is 2.71. The second kappa shape index (κ2) is 2.82. The highest BCUT2D eigenvalue weighted by Gasteiger charge is 2.22. The Labute approximate surface area is 59.8 Å². The topological polar surface area (TPSA) is 46.2 Å². The highest BCUT2D eigenvalue weighted by atomic mass is 16.2. The molecule has 0 unspecified atom stereocenters. The average molecular weight is 141 g/mol. The van der Waals surface area contributed by atoms with E-state index in [1.807, 2.05) is 0 Å². The monoisotopic (exact) mass is 141 g/mol. The van der Waals surface area contributed by atoms with Crippen LogP contribution in [0, 0.1) is 5.92 Å². The van der Waals surface area contributed by atoms with Crippen LogP contribution < -0.4 is 5.32 Å². The molecule has 0 aromatic carbocycles. The zero-order valence-corrected chi connectivity index (χ0v) is 6.02. The molecule has 3 heteroatoms. The minimum absolute atomic E-state index is 0.402. The predicted molar refractivity (Wildman–Crippen MR) is 36.4 cm³/mol. The van der Waals surface area contributed by atoms with E-state index >= 15 is 0 Å². The number of rotatable bonds is 3. The summed E-state index contributed by atoms with van der Waals surface area (Å²) in [4.78, 5) is 21.0. The Hall–Kier alpha value is -0.860. The molecule has 3 nitrogen and oxygen atoms in total. The Morgan fingerprint density at radius 2 is 2.10 bits per heavy atom. The van der Waals surface area contributed by atoms with Gasteiger partial charge >= 0.3 is 0 Å². The van der Waals surface area contributed by atoms with Gasteiger partial charge in [0, 0.05) is 13.5 Å². The fourth-order valence-electron chi connectivity index (χ4n) is 0.683. The van der Waals surface area contributed by atoms with Crippen LogP contribution in [0.2, 0.25) is 0 Å². The van der Waals surface area contributed by atoms with E-state index in [9.17, 15) is 9.59 Å². The Balaban J connectivity index is 2.11. The molecule has 1 N–H and O–H groups in total. The van der Waals surface area contributed by atoms with E-state index in [1.165, 1.54) is 19.8 Å². The van der Waals surface area contributed by atoms with Crippen molar-refractivity contribution in [2.24, 2.45) is 5.92 Å². The largest absolute Gasteiger partial charge is 0.349 e. The molecule has 0 heterocycles. The molecule has 0 radical (unpaired) electrons. The molecule has 56 valence electrons. The fraction of sp³-hybridized carbons (Fsp3) is 0.714. The molecule has 1 fully saturated rings. The van der Waals surface area contributed by atoms with Crippen LogP contribution in [0.3, 0.4) is 0 Å². The lowest BCUT2D eigenvalue weighted by molar-refractivity contribution is -0.136. The third-order valence-electron chi connectivity index (χ3n) is 1.57. The van der Waals surface area contributed by atoms with E-state index in [4.69, 9.17) is 0 Å². The summed E-state index contributed by atoms with van der Waals surface area (Å²) < 4.78 is 0. The van der Waals surface area contributed by atoms with Crippen LogP contribution in [0.5, 0.6) is 0 Å². The molecule has 1 saturated carbocycles. The summed E-state index contributed by atoms with van der Waals surface area (Å²) in [7, 11) is 0. The van der Waals surface area contributed by atoms with E-state index in [0.29, 0.717) is 12.5 Å². The number of hydrogen-bond acceptors (Lipinski definition) is 2. The maximum absolute atomic E-state index is 10.6. The first-order valence-corrected chi connectivity index (χ1v) is 3.49. The summed E-state index contributed by atoms with van der Waals surface area (Å²) in [5.41, 5.74) is 0. The molecular weight excluding hydrogens is 130 g/mol. The van der Waals surface area contributed by atoms with Gasteiger partial charge in [0.15, 0.2) is 0 Å². The molecule has 10 heavy (non-hydrogen) atoms. The Bertz CT molecular complexity index is 161. The van der Waals surface area contributed by atoms with Gasteiger partial charge in [-0.3, -0.25) is 9.59 Å². The normalized spacial score (nSPS) is 16.5. The predicted octanol–water partition coefficient (Wildman–Crippen LogP) is 0.102. The van der Waals surface area contributed by atoms with Gasteiger partial charge in [-0.05, 0) is 18.8 Å². The number of amides is 1. The third kappa shape index (κ3) is 2.17. The van der Waals surface area contributed by atoms with Gasteiger partial charge in [0.2, 0.25) is 5.78 Å². The van der Waals surface area contributed by atoms with Crippen LogP contribution >= 0.6 is 0 Å². The maximum Gasteiger partial charge on any atom is 0.287 e. The van der Waals surface area contributed by atoms with Gasteiger partial charge in [0.25, 0.3) is 5.91 Å². The van der Waals surface area contributed by atoms with Gasteiger partial charge in [-0.25, -0.2) is 0 Å². The van der Waals surface area contributed by atoms with Crippen molar-refractivity contribution in [2.75, 3.05) is 6.54 Å². The van der Waals surface area contributed by atoms with Crippen LogP contribution in [0.4, 0.5) is 0 Å². The molecule has 0 spiro atoms. The van der Waals surface area contributed by atoms with Crippen LogP contribution in [0.1, 0.15) is 19.8 Å². The number of ketones is 1. The number of carbonyl (C=O) groups excluding carboxylic acids is 2. The van der Waals surface area contributed by atoms with Gasteiger partial charge in [-0.2, -0.15) is 0 Å². The smallest absolute Gasteiger partial charge is 0.287 e. The molecular formula is C7H11NO2. The molecule has 0 bridgehead atoms. The molecule has 0 aromatic rings. The van der Waals surface area contributed by atoms with Gasteiger partial charge in [-0.15, -0.1) is 0 Å². The lowest BCUT2D eigenvalue weighted by atomic mass is 10.4. The van der Waals surface area contributed by atoms with E-state index in [-0.39, 0.29) is 0 Å². The zero-order valence-electron chi connectivity index (χ0n) is 6.02. The van der Waals surface area contributed by atoms with Gasteiger partial charge in [-0.1, -0.05) is 0 Å². The van der Waals surface area contributed by atoms with Gasteiger partial charge in [0.1, 0.15) is 0 Å². The van der Waals surface area contributed by atoms with E-state index < -0.39 is 11.7 Å². The highest BCUT2D eigenvalue weighted by Crippen LogP contribution is 2.27. The molecule has 1 amide bonds. The number of carbonyl (C=O) groups is 2. The first-order chi connectivity index (χ1) is 4.70. The minimum atomic E-state index is -0.452. The maximum atomic E-state index is 10.6. The molecule has 0 saturated heterocycles. The average Bonchev–Trinajstić information content (AvgIpc) is 2.64. The SMILES string of the molecule is CC(=O)C(=O)NCC1CC1. The van der Waals surface area contributed by atoms with Crippen molar-refractivity contribution in [3.05, 3.63) is 0 Å². The van der Waals surface area contributed by atoms with Crippen molar-refractivity contribution in [3.8, 4) is 0 Å². The van der Waals surface area contributed by atoms with E-state index in [0.717, 1.165) is 0 Å². The fourth-order valence-corrected chi connectivity index (χ4v) is 0.683. The Morgan fingerprint density at radius 1 is 1.50 bits per heavy atom. The highest BCUT2D eigenvalue weighted by molar-refractivity contribution is 6.35. The van der Waals surface area contributed by atoms with Crippen molar-refractivity contribution >= 4 is 11.7 Å². The first-order valence-electron chi connectivity index (χ1n) is 3.49. The molecule has 0 aromatic heterocycles. The van der Waals surface area contributed by atoms with E-state index in [2.05, 4.69) is 5.32 Å². The van der Waals surface area contributed by atoms with Gasteiger partial charge in [0.05, 0.1) is 0 Å². The lowest BCUT2D eigenvalue weighted by Gasteiger charge is -1.97. The lowest BCUT2D eigenvalue weighted by Crippen LogP contribution is -2.30. The van der Waals surface area contributed by atoms with Crippen molar-refractivity contribution < 1.29 is 9.59 Å². The van der Waals surface area contributed by atoms with Crippen molar-refractivity contribution in [2.45, 2.75) is 19.8 Å². The standard InChI is InChI=1S/C7H11NO2/c1-5(9)7(10)8-4-6-2-3-6/h6H,2-4H2,1H3,(H,8,10). The molecule has 1 aliphatic carbocycles. The summed E-state index contributed by atoms with van der Waals surface area (Å²) in [6.07, 6.45) is 2.39. The first kappa shape index (κ1) is 7.25. The van der Waals surface area contributed by atoms with Crippen molar-refractivity contribution in [1.82, 2.24) is 5.32 Å². The summed E-state index contributed by atoms with van der Waals surface area (Å²) >= 11 is 0. The summed E-state index contributed by atoms with van der Waals surface area (Å²) in [6, 6.07) is 0. The quantitative estimate of drug-likeness (QED) is 0.567. The second-order valence-corrected chi connectivity index (χ2v) is 2.71. The Kier molecular flexibility index (Phi) is 2.04. The Morgan fingerprint density at radius 3 is 2.50 bits per heavy atom. The van der Waals surface area contributed by atoms with Gasteiger partial charge < -0.3 is 5.32 Å². The summed E-state index contributed by atoms with van der Waals surface area (Å²) in [5, 5.41) is 2.56. The zero-order chi connectivity index (χ0) is 7.56. The summed E-state index contributed by atoms with van der Waals surface area (Å²) in [5.74, 6) is -0.212.